The van der Waals surface area contributed by atoms with Crippen molar-refractivity contribution in [2.75, 3.05) is 11.5 Å². The van der Waals surface area contributed by atoms with Gasteiger partial charge in [0.1, 0.15) is 0 Å². The van der Waals surface area contributed by atoms with Gasteiger partial charge in [-0.3, -0.25) is 9.35 Å². The minimum atomic E-state index is -3.95. The van der Waals surface area contributed by atoms with E-state index >= 15 is 0 Å². The zero-order valence-electron chi connectivity index (χ0n) is 13.6. The molecule has 7 heteroatoms. The number of hydrogen-bond acceptors (Lipinski definition) is 5. The van der Waals surface area contributed by atoms with E-state index in [1.165, 1.54) is 0 Å². The van der Waals surface area contributed by atoms with Crippen molar-refractivity contribution in [1.29, 1.82) is 0 Å². The fourth-order valence-corrected chi connectivity index (χ4v) is 4.94. The van der Waals surface area contributed by atoms with Crippen molar-refractivity contribution in [3.05, 3.63) is 0 Å². The van der Waals surface area contributed by atoms with Gasteiger partial charge in [0.15, 0.2) is 5.12 Å². The molecular formula is C15H28O5S2. The molecule has 0 saturated heterocycles. The maximum atomic E-state index is 12.5. The molecule has 0 radical (unpaired) electrons. The molecule has 0 aromatic carbocycles. The lowest BCUT2D eigenvalue weighted by atomic mass is 9.72. The van der Waals surface area contributed by atoms with Crippen LogP contribution in [-0.2, 0) is 14.9 Å². The van der Waals surface area contributed by atoms with E-state index in [4.69, 9.17) is 4.55 Å². The average molecular weight is 353 g/mol. The molecule has 4 atom stereocenters. The van der Waals surface area contributed by atoms with Crippen molar-refractivity contribution in [3.8, 4) is 0 Å². The summed E-state index contributed by atoms with van der Waals surface area (Å²) >= 11 is 1.15. The molecule has 5 nitrogen and oxygen atoms in total. The predicted molar refractivity (Wildman–Crippen MR) is 89.4 cm³/mol. The molecule has 130 valence electrons. The Kier molecular flexibility index (Phi) is 7.36. The number of hydrogen-bond donors (Lipinski definition) is 2. The first-order chi connectivity index (χ1) is 10.1. The van der Waals surface area contributed by atoms with Gasteiger partial charge in [0, 0.05) is 11.2 Å². The number of carbonyl (C=O) groups excluding carboxylic acids is 1. The van der Waals surface area contributed by atoms with Crippen molar-refractivity contribution in [2.24, 2.45) is 17.3 Å². The average Bonchev–Trinajstić information content (AvgIpc) is 2.40. The quantitative estimate of drug-likeness (QED) is 0.584. The fraction of sp³-hybridized carbons (Fsp3) is 0.933. The third-order valence-electron chi connectivity index (χ3n) is 4.60. The first-order valence-electron chi connectivity index (χ1n) is 7.85. The van der Waals surface area contributed by atoms with Gasteiger partial charge in [-0.1, -0.05) is 39.0 Å². The third kappa shape index (κ3) is 6.18. The molecule has 0 heterocycles. The van der Waals surface area contributed by atoms with E-state index in [1.807, 2.05) is 13.8 Å². The van der Waals surface area contributed by atoms with Crippen LogP contribution < -0.4 is 0 Å². The smallest absolute Gasteiger partial charge is 0.264 e. The highest BCUT2D eigenvalue weighted by molar-refractivity contribution is 8.13. The maximum absolute atomic E-state index is 12.5. The summed E-state index contributed by atoms with van der Waals surface area (Å²) in [6.45, 7) is 5.99. The molecule has 0 aliphatic heterocycles. The fourth-order valence-electron chi connectivity index (χ4n) is 3.25. The zero-order chi connectivity index (χ0) is 17.0. The molecule has 1 aliphatic rings. The minimum Gasteiger partial charge on any atom is -0.393 e. The Labute approximate surface area is 138 Å². The molecular weight excluding hydrogens is 324 g/mol. The lowest BCUT2D eigenvalue weighted by Crippen LogP contribution is -2.36. The van der Waals surface area contributed by atoms with Crippen molar-refractivity contribution in [2.45, 2.75) is 59.0 Å². The molecule has 0 bridgehead atoms. The second-order valence-electron chi connectivity index (χ2n) is 6.88. The highest BCUT2D eigenvalue weighted by Gasteiger charge is 2.38. The van der Waals surface area contributed by atoms with E-state index in [0.29, 0.717) is 12.2 Å². The number of aliphatic hydroxyl groups excluding tert-OH is 1. The summed E-state index contributed by atoms with van der Waals surface area (Å²) in [7, 11) is -3.95. The molecule has 0 aromatic rings. The van der Waals surface area contributed by atoms with Crippen LogP contribution in [0, 0.1) is 17.3 Å². The summed E-state index contributed by atoms with van der Waals surface area (Å²) in [6, 6.07) is 0. The summed E-state index contributed by atoms with van der Waals surface area (Å²) < 4.78 is 30.0. The van der Waals surface area contributed by atoms with Crippen LogP contribution in [0.15, 0.2) is 0 Å². The Morgan fingerprint density at radius 2 is 1.95 bits per heavy atom. The summed E-state index contributed by atoms with van der Waals surface area (Å²) in [5, 5.41) is 10.3. The molecule has 3 unspecified atom stereocenters. The van der Waals surface area contributed by atoms with Crippen LogP contribution in [0.25, 0.3) is 0 Å². The van der Waals surface area contributed by atoms with E-state index in [1.54, 1.807) is 0 Å². The van der Waals surface area contributed by atoms with Gasteiger partial charge >= 0.3 is 0 Å². The number of carbonyl (C=O) groups is 1. The largest absolute Gasteiger partial charge is 0.393 e. The molecule has 1 saturated carbocycles. The van der Waals surface area contributed by atoms with Crippen LogP contribution in [-0.4, -0.2) is 40.8 Å². The highest BCUT2D eigenvalue weighted by Crippen LogP contribution is 2.41. The molecule has 0 amide bonds. The van der Waals surface area contributed by atoms with Crippen molar-refractivity contribution < 1.29 is 22.9 Å². The van der Waals surface area contributed by atoms with Crippen molar-refractivity contribution in [1.82, 2.24) is 0 Å². The van der Waals surface area contributed by atoms with Crippen LogP contribution in [0.2, 0.25) is 0 Å². The van der Waals surface area contributed by atoms with Gasteiger partial charge in [0.2, 0.25) is 0 Å². The summed E-state index contributed by atoms with van der Waals surface area (Å²) in [4.78, 5) is 12.5. The highest BCUT2D eigenvalue weighted by atomic mass is 32.2. The first kappa shape index (κ1) is 19.9. The summed E-state index contributed by atoms with van der Waals surface area (Å²) in [5.74, 6) is 0.415. The molecule has 1 aliphatic carbocycles. The Morgan fingerprint density at radius 1 is 1.32 bits per heavy atom. The minimum absolute atomic E-state index is 0.0661. The van der Waals surface area contributed by atoms with Gasteiger partial charge in [0.05, 0.1) is 11.9 Å². The zero-order valence-corrected chi connectivity index (χ0v) is 15.3. The van der Waals surface area contributed by atoms with Gasteiger partial charge < -0.3 is 5.11 Å². The Morgan fingerprint density at radius 3 is 2.55 bits per heavy atom. The van der Waals surface area contributed by atoms with E-state index < -0.39 is 15.5 Å². The third-order valence-corrected chi connectivity index (χ3v) is 6.65. The van der Waals surface area contributed by atoms with E-state index in [2.05, 4.69) is 6.92 Å². The number of aliphatic hydroxyl groups is 1. The Bertz CT molecular complexity index is 476. The summed E-state index contributed by atoms with van der Waals surface area (Å²) in [6.07, 6.45) is 3.18. The summed E-state index contributed by atoms with van der Waals surface area (Å²) in [5.41, 5.74) is -0.469. The monoisotopic (exact) mass is 352 g/mol. The molecule has 1 rings (SSSR count). The van der Waals surface area contributed by atoms with Gasteiger partial charge in [-0.15, -0.1) is 0 Å². The van der Waals surface area contributed by atoms with Crippen molar-refractivity contribution >= 4 is 27.0 Å². The van der Waals surface area contributed by atoms with E-state index in [-0.39, 0.29) is 35.2 Å². The first-order valence-corrected chi connectivity index (χ1v) is 10.4. The van der Waals surface area contributed by atoms with Gasteiger partial charge in [-0.05, 0) is 37.5 Å². The molecule has 0 aromatic heterocycles. The number of rotatable bonds is 5. The van der Waals surface area contributed by atoms with Crippen molar-refractivity contribution in [3.63, 3.8) is 0 Å². The van der Waals surface area contributed by atoms with Gasteiger partial charge in [-0.25, -0.2) is 0 Å². The second-order valence-corrected chi connectivity index (χ2v) is 9.52. The van der Waals surface area contributed by atoms with Crippen LogP contribution in [0.3, 0.4) is 0 Å². The molecule has 0 spiro atoms. The van der Waals surface area contributed by atoms with E-state index in [9.17, 15) is 18.3 Å². The van der Waals surface area contributed by atoms with Crippen LogP contribution >= 0.6 is 11.8 Å². The molecule has 22 heavy (non-hydrogen) atoms. The molecule has 2 N–H and O–H groups in total. The lowest BCUT2D eigenvalue weighted by Gasteiger charge is -2.37. The maximum Gasteiger partial charge on any atom is 0.264 e. The number of thioether (sulfide) groups is 1. The van der Waals surface area contributed by atoms with E-state index in [0.717, 1.165) is 31.0 Å². The van der Waals surface area contributed by atoms with Crippen LogP contribution in [0.4, 0.5) is 0 Å². The topological polar surface area (TPSA) is 91.7 Å². The van der Waals surface area contributed by atoms with Gasteiger partial charge in [-0.2, -0.15) is 8.42 Å². The predicted octanol–water partition coefficient (Wildman–Crippen LogP) is 2.74. The lowest BCUT2D eigenvalue weighted by molar-refractivity contribution is -0.121. The Hall–Kier alpha value is -0.110. The van der Waals surface area contributed by atoms with Gasteiger partial charge in [0.25, 0.3) is 10.1 Å². The van der Waals surface area contributed by atoms with Crippen LogP contribution in [0.1, 0.15) is 52.9 Å². The normalized spacial score (nSPS) is 34.0. The SMILES string of the molecule is CC1CCCC(C)(C(=O)SCCCS(=O)(=O)O)C[C@@H](C)C1O. The van der Waals surface area contributed by atoms with Crippen LogP contribution in [0.5, 0.6) is 0 Å². The molecule has 1 fully saturated rings. The standard InChI is InChI=1S/C15H28O5S2/c1-11-6-4-7-15(3,10-12(2)13(11)16)14(17)21-8-5-9-22(18,19)20/h11-13,16H,4-10H2,1-3H3,(H,18,19,20)/t11?,12-,13?,15?/m1/s1. The second kappa shape index (κ2) is 8.13. The Balaban J connectivity index is 2.57.